The Morgan fingerprint density at radius 3 is 2.11 bits per heavy atom. The highest BCUT2D eigenvalue weighted by Gasteiger charge is 2.28. The van der Waals surface area contributed by atoms with Gasteiger partial charge < -0.3 is 15.4 Å². The van der Waals surface area contributed by atoms with Crippen molar-refractivity contribution in [3.05, 3.63) is 65.2 Å². The van der Waals surface area contributed by atoms with Gasteiger partial charge in [0.15, 0.2) is 12.6 Å². The minimum Gasteiger partial charge on any atom is -0.484 e. The molecule has 0 radical (unpaired) electrons. The number of aryl methyl sites for hydroxylation is 1. The van der Waals surface area contributed by atoms with Crippen LogP contribution in [0.3, 0.4) is 0 Å². The molecule has 27 heavy (non-hydrogen) atoms. The molecule has 0 aliphatic rings. The zero-order chi connectivity index (χ0) is 19.0. The van der Waals surface area contributed by atoms with Crippen LogP contribution in [0.25, 0.3) is 0 Å². The summed E-state index contributed by atoms with van der Waals surface area (Å²) in [6.45, 7) is 1.60. The molecule has 0 saturated carbocycles. The number of hydrogen-bond donors (Lipinski definition) is 2. The monoisotopic (exact) mass is 493 g/mol. The van der Waals surface area contributed by atoms with Crippen LogP contribution < -0.4 is 15.4 Å². The Labute approximate surface area is 174 Å². The standard InChI is InChI=1S/C19H22F3N3O.HI/c1-14-7-3-4-8-15(14)11-24-18(23-2)25-12-16-9-5-6-10-17(16)26-13-19(20,21)22;/h3-10H,11-13H2,1-2H3,(H2,23,24,25);1H. The molecule has 2 aromatic rings. The fourth-order valence-corrected chi connectivity index (χ4v) is 2.34. The lowest BCUT2D eigenvalue weighted by Gasteiger charge is -2.16. The third-order valence-corrected chi connectivity index (χ3v) is 3.74. The molecule has 148 valence electrons. The summed E-state index contributed by atoms with van der Waals surface area (Å²) in [5.74, 6) is 0.755. The number of halogens is 4. The summed E-state index contributed by atoms with van der Waals surface area (Å²) in [4.78, 5) is 4.14. The first-order valence-corrected chi connectivity index (χ1v) is 8.15. The van der Waals surface area contributed by atoms with Gasteiger partial charge in [0.1, 0.15) is 5.75 Å². The van der Waals surface area contributed by atoms with Crippen LogP contribution in [0.4, 0.5) is 13.2 Å². The highest BCUT2D eigenvalue weighted by Crippen LogP contribution is 2.22. The maximum atomic E-state index is 12.4. The van der Waals surface area contributed by atoms with Crippen LogP contribution in [0, 0.1) is 6.92 Å². The molecule has 2 aromatic carbocycles. The van der Waals surface area contributed by atoms with Gasteiger partial charge in [-0.1, -0.05) is 42.5 Å². The number of hydrogen-bond acceptors (Lipinski definition) is 2. The summed E-state index contributed by atoms with van der Waals surface area (Å²) >= 11 is 0. The maximum Gasteiger partial charge on any atom is 0.422 e. The van der Waals surface area contributed by atoms with Gasteiger partial charge in [-0.15, -0.1) is 24.0 Å². The molecule has 0 atom stereocenters. The molecule has 0 saturated heterocycles. The average Bonchev–Trinajstić information content (AvgIpc) is 2.61. The van der Waals surface area contributed by atoms with Gasteiger partial charge in [-0.05, 0) is 24.1 Å². The van der Waals surface area contributed by atoms with Crippen molar-refractivity contribution in [1.29, 1.82) is 0 Å². The molecule has 0 aliphatic heterocycles. The van der Waals surface area contributed by atoms with Gasteiger partial charge in [0.2, 0.25) is 0 Å². The van der Waals surface area contributed by atoms with Gasteiger partial charge in [-0.3, -0.25) is 4.99 Å². The molecule has 0 aliphatic carbocycles. The second-order valence-corrected chi connectivity index (χ2v) is 5.72. The van der Waals surface area contributed by atoms with Crippen molar-refractivity contribution in [1.82, 2.24) is 10.6 Å². The minimum atomic E-state index is -4.37. The number of ether oxygens (including phenoxy) is 1. The minimum absolute atomic E-state index is 0. The van der Waals surface area contributed by atoms with E-state index in [1.165, 1.54) is 11.6 Å². The molecule has 2 N–H and O–H groups in total. The highest BCUT2D eigenvalue weighted by molar-refractivity contribution is 14.0. The van der Waals surface area contributed by atoms with Gasteiger partial charge in [-0.25, -0.2) is 0 Å². The van der Waals surface area contributed by atoms with E-state index in [1.54, 1.807) is 25.2 Å². The van der Waals surface area contributed by atoms with Crippen LogP contribution in [0.5, 0.6) is 5.75 Å². The van der Waals surface area contributed by atoms with Crippen LogP contribution in [-0.2, 0) is 13.1 Å². The van der Waals surface area contributed by atoms with Gasteiger partial charge in [0.25, 0.3) is 0 Å². The van der Waals surface area contributed by atoms with E-state index in [-0.39, 0.29) is 29.7 Å². The Morgan fingerprint density at radius 1 is 0.963 bits per heavy atom. The van der Waals surface area contributed by atoms with E-state index in [9.17, 15) is 13.2 Å². The van der Waals surface area contributed by atoms with E-state index >= 15 is 0 Å². The Morgan fingerprint density at radius 2 is 1.52 bits per heavy atom. The summed E-state index contributed by atoms with van der Waals surface area (Å²) in [5.41, 5.74) is 2.93. The normalized spacial score (nSPS) is 11.5. The predicted octanol–water partition coefficient (Wildman–Crippen LogP) is 4.42. The zero-order valence-corrected chi connectivity index (χ0v) is 17.5. The number of benzene rings is 2. The van der Waals surface area contributed by atoms with Gasteiger partial charge in [-0.2, -0.15) is 13.2 Å². The van der Waals surface area contributed by atoms with Gasteiger partial charge in [0, 0.05) is 25.7 Å². The lowest BCUT2D eigenvalue weighted by Crippen LogP contribution is -2.36. The highest BCUT2D eigenvalue weighted by atomic mass is 127. The number of guanidine groups is 1. The smallest absolute Gasteiger partial charge is 0.422 e. The largest absolute Gasteiger partial charge is 0.484 e. The summed E-state index contributed by atoms with van der Waals surface area (Å²) in [6, 6.07) is 14.6. The van der Waals surface area contributed by atoms with Crippen molar-refractivity contribution < 1.29 is 17.9 Å². The molecule has 4 nitrogen and oxygen atoms in total. The summed E-state index contributed by atoms with van der Waals surface area (Å²) in [6.07, 6.45) is -4.37. The Kier molecular flexibility index (Phi) is 9.40. The molecule has 8 heteroatoms. The first-order chi connectivity index (χ1) is 12.4. The number of nitrogens with zero attached hydrogens (tertiary/aromatic N) is 1. The van der Waals surface area contributed by atoms with Crippen LogP contribution in [0.2, 0.25) is 0 Å². The second kappa shape index (κ2) is 11.0. The molecular weight excluding hydrogens is 470 g/mol. The Bertz CT molecular complexity index is 751. The molecule has 0 heterocycles. The van der Waals surface area contributed by atoms with Crippen molar-refractivity contribution in [2.45, 2.75) is 26.2 Å². The SMILES string of the molecule is CN=C(NCc1ccccc1C)NCc1ccccc1OCC(F)(F)F.I. The van der Waals surface area contributed by atoms with Crippen LogP contribution in [0.1, 0.15) is 16.7 Å². The van der Waals surface area contributed by atoms with Crippen molar-refractivity contribution in [2.75, 3.05) is 13.7 Å². The number of rotatable bonds is 6. The summed E-state index contributed by atoms with van der Waals surface area (Å²) in [5, 5.41) is 6.28. The van der Waals surface area contributed by atoms with E-state index in [4.69, 9.17) is 4.74 Å². The summed E-state index contributed by atoms with van der Waals surface area (Å²) in [7, 11) is 1.64. The fraction of sp³-hybridized carbons (Fsp3) is 0.316. The van der Waals surface area contributed by atoms with Crippen LogP contribution in [0.15, 0.2) is 53.5 Å². The number of alkyl halides is 3. The van der Waals surface area contributed by atoms with E-state index in [1.807, 2.05) is 31.2 Å². The lowest BCUT2D eigenvalue weighted by molar-refractivity contribution is -0.153. The number of para-hydroxylation sites is 1. The third-order valence-electron chi connectivity index (χ3n) is 3.74. The molecule has 2 rings (SSSR count). The van der Waals surface area contributed by atoms with E-state index in [2.05, 4.69) is 15.6 Å². The molecule has 0 spiro atoms. The predicted molar refractivity (Wildman–Crippen MR) is 112 cm³/mol. The number of nitrogens with one attached hydrogen (secondary N) is 2. The van der Waals surface area contributed by atoms with Crippen molar-refractivity contribution >= 4 is 29.9 Å². The van der Waals surface area contributed by atoms with E-state index < -0.39 is 12.8 Å². The fourth-order valence-electron chi connectivity index (χ4n) is 2.34. The van der Waals surface area contributed by atoms with Crippen LogP contribution in [-0.4, -0.2) is 25.8 Å². The molecule has 0 amide bonds. The Hall–Kier alpha value is -1.97. The molecule has 0 fully saturated rings. The second-order valence-electron chi connectivity index (χ2n) is 5.72. The molecule has 0 unspecified atom stereocenters. The van der Waals surface area contributed by atoms with Crippen LogP contribution >= 0.6 is 24.0 Å². The zero-order valence-electron chi connectivity index (χ0n) is 15.1. The van der Waals surface area contributed by atoms with Crippen molar-refractivity contribution in [3.63, 3.8) is 0 Å². The van der Waals surface area contributed by atoms with Gasteiger partial charge in [0.05, 0.1) is 0 Å². The topological polar surface area (TPSA) is 45.7 Å². The maximum absolute atomic E-state index is 12.4. The quantitative estimate of drug-likeness (QED) is 0.356. The van der Waals surface area contributed by atoms with Gasteiger partial charge >= 0.3 is 6.18 Å². The van der Waals surface area contributed by atoms with Crippen molar-refractivity contribution in [3.8, 4) is 5.75 Å². The molecule has 0 aromatic heterocycles. The summed E-state index contributed by atoms with van der Waals surface area (Å²) < 4.78 is 42.0. The lowest BCUT2D eigenvalue weighted by atomic mass is 10.1. The molecule has 0 bridgehead atoms. The average molecular weight is 493 g/mol. The Balaban J connectivity index is 0.00000364. The molecular formula is C19H23F3IN3O. The van der Waals surface area contributed by atoms with Crippen molar-refractivity contribution in [2.24, 2.45) is 4.99 Å². The first kappa shape index (κ1) is 23.1. The van der Waals surface area contributed by atoms with E-state index in [0.717, 1.165) is 5.56 Å². The van der Waals surface area contributed by atoms with E-state index in [0.29, 0.717) is 24.6 Å². The third kappa shape index (κ3) is 8.06. The first-order valence-electron chi connectivity index (χ1n) is 8.15. The number of aliphatic imine (C=N–C) groups is 1.